The van der Waals surface area contributed by atoms with E-state index in [9.17, 15) is 44.3 Å². The van der Waals surface area contributed by atoms with E-state index in [1.54, 1.807) is 0 Å². The van der Waals surface area contributed by atoms with Crippen molar-refractivity contribution in [2.75, 3.05) is 0 Å². The molecule has 0 bridgehead atoms. The summed E-state index contributed by atoms with van der Waals surface area (Å²) in [7, 11) is 0. The van der Waals surface area contributed by atoms with E-state index in [4.69, 9.17) is 0 Å². The quantitative estimate of drug-likeness (QED) is 0.229. The van der Waals surface area contributed by atoms with Gasteiger partial charge < -0.3 is 4.74 Å². The molecule has 2 aromatic carbocycles. The third-order valence-corrected chi connectivity index (χ3v) is 5.28. The predicted molar refractivity (Wildman–Crippen MR) is 104 cm³/mol. The standard InChI is InChI=1S/C14H4F8O2.C9H17F/c15-8-3-5(4-9(16)12(8)19)24-14(21,22)7-2-1-6(13(20)23)10(17)11(7)18;1-2-3-8-4-6-9(10)7-5-8/h1-4H;8-9H,2-7H2,1H3. The Morgan fingerprint density at radius 3 is 2.00 bits per heavy atom. The van der Waals surface area contributed by atoms with Crippen molar-refractivity contribution in [3.8, 4) is 5.75 Å². The summed E-state index contributed by atoms with van der Waals surface area (Å²) in [6.07, 6.45) is 1.35. The molecule has 0 heterocycles. The van der Waals surface area contributed by atoms with Crippen LogP contribution in [0, 0.1) is 35.0 Å². The maximum Gasteiger partial charge on any atom is 0.429 e. The fraction of sp³-hybridized carbons (Fsp3) is 0.435. The van der Waals surface area contributed by atoms with Crippen LogP contribution in [0.15, 0.2) is 24.3 Å². The summed E-state index contributed by atoms with van der Waals surface area (Å²) < 4.78 is 122. The number of hydrogen-bond donors (Lipinski definition) is 0. The van der Waals surface area contributed by atoms with Gasteiger partial charge in [0.05, 0.1) is 5.56 Å². The monoisotopic (exact) mass is 500 g/mol. The van der Waals surface area contributed by atoms with Crippen LogP contribution in [-0.2, 0) is 6.11 Å². The molecule has 0 aromatic heterocycles. The van der Waals surface area contributed by atoms with Crippen molar-refractivity contribution >= 4 is 6.04 Å². The third kappa shape index (κ3) is 6.89. The van der Waals surface area contributed by atoms with Crippen LogP contribution < -0.4 is 4.74 Å². The summed E-state index contributed by atoms with van der Waals surface area (Å²) in [6, 6.07) is -1.90. The van der Waals surface area contributed by atoms with Crippen LogP contribution in [0.2, 0.25) is 0 Å². The van der Waals surface area contributed by atoms with Crippen molar-refractivity contribution in [1.82, 2.24) is 0 Å². The topological polar surface area (TPSA) is 26.3 Å². The number of benzene rings is 2. The normalized spacial score (nSPS) is 18.2. The van der Waals surface area contributed by atoms with Gasteiger partial charge in [-0.25, -0.2) is 26.3 Å². The second-order valence-electron chi connectivity index (χ2n) is 7.79. The highest BCUT2D eigenvalue weighted by Crippen LogP contribution is 2.35. The summed E-state index contributed by atoms with van der Waals surface area (Å²) in [5.74, 6) is -10.5. The van der Waals surface area contributed by atoms with Crippen LogP contribution in [0.3, 0.4) is 0 Å². The third-order valence-electron chi connectivity index (χ3n) is 5.28. The number of hydrogen-bond acceptors (Lipinski definition) is 2. The lowest BCUT2D eigenvalue weighted by atomic mass is 9.85. The highest BCUT2D eigenvalue weighted by atomic mass is 19.3. The summed E-state index contributed by atoms with van der Waals surface area (Å²) in [6.45, 7) is 2.21. The second-order valence-corrected chi connectivity index (χ2v) is 7.79. The Labute approximate surface area is 189 Å². The second kappa shape index (κ2) is 11.6. The molecule has 11 heteroatoms. The van der Waals surface area contributed by atoms with E-state index in [1.807, 2.05) is 0 Å². The first-order valence-corrected chi connectivity index (χ1v) is 10.4. The molecule has 0 amide bonds. The van der Waals surface area contributed by atoms with Crippen molar-refractivity contribution in [3.63, 3.8) is 0 Å². The molecule has 2 nitrogen and oxygen atoms in total. The summed E-state index contributed by atoms with van der Waals surface area (Å²) in [5, 5.41) is 0. The van der Waals surface area contributed by atoms with E-state index in [2.05, 4.69) is 11.7 Å². The zero-order valence-corrected chi connectivity index (χ0v) is 17.9. The molecular formula is C23H21F9O2. The Hall–Kier alpha value is -2.72. The highest BCUT2D eigenvalue weighted by Gasteiger charge is 2.40. The van der Waals surface area contributed by atoms with E-state index < -0.39 is 64.3 Å². The average molecular weight is 500 g/mol. The van der Waals surface area contributed by atoms with Crippen molar-refractivity contribution in [2.24, 2.45) is 5.92 Å². The molecule has 2 aromatic rings. The number of ether oxygens (including phenoxy) is 1. The average Bonchev–Trinajstić information content (AvgIpc) is 2.75. The predicted octanol–water partition coefficient (Wildman–Crippen LogP) is 7.93. The summed E-state index contributed by atoms with van der Waals surface area (Å²) in [4.78, 5) is 10.4. The Morgan fingerprint density at radius 2 is 1.50 bits per heavy atom. The minimum Gasteiger partial charge on any atom is -0.429 e. The van der Waals surface area contributed by atoms with Gasteiger partial charge in [0, 0.05) is 12.1 Å². The van der Waals surface area contributed by atoms with E-state index >= 15 is 0 Å². The van der Waals surface area contributed by atoms with Gasteiger partial charge in [0.1, 0.15) is 17.5 Å². The number of halogens is 9. The fourth-order valence-corrected chi connectivity index (χ4v) is 3.54. The van der Waals surface area contributed by atoms with Crippen molar-refractivity contribution in [1.29, 1.82) is 0 Å². The van der Waals surface area contributed by atoms with Crippen LogP contribution in [-0.4, -0.2) is 12.2 Å². The molecule has 1 fully saturated rings. The molecule has 0 aliphatic heterocycles. The molecule has 0 spiro atoms. The zero-order valence-electron chi connectivity index (χ0n) is 17.9. The molecular weight excluding hydrogens is 479 g/mol. The van der Waals surface area contributed by atoms with Gasteiger partial charge in [0.15, 0.2) is 29.1 Å². The molecule has 0 N–H and O–H groups in total. The van der Waals surface area contributed by atoms with Crippen LogP contribution >= 0.6 is 0 Å². The molecule has 0 atom stereocenters. The minimum atomic E-state index is -4.67. The number of rotatable bonds is 6. The first kappa shape index (κ1) is 27.5. The molecule has 1 saturated carbocycles. The minimum absolute atomic E-state index is 0.0556. The van der Waals surface area contributed by atoms with Gasteiger partial charge in [-0.15, -0.1) is 0 Å². The van der Waals surface area contributed by atoms with E-state index in [0.717, 1.165) is 31.6 Å². The van der Waals surface area contributed by atoms with Crippen LogP contribution in [0.25, 0.3) is 0 Å². The Balaban J connectivity index is 0.000000340. The molecule has 34 heavy (non-hydrogen) atoms. The van der Waals surface area contributed by atoms with Gasteiger partial charge in [-0.05, 0) is 43.7 Å². The number of carbonyl (C=O) groups excluding carboxylic acids is 1. The van der Waals surface area contributed by atoms with Crippen molar-refractivity contribution < 1.29 is 49.0 Å². The Bertz CT molecular complexity index is 979. The van der Waals surface area contributed by atoms with Gasteiger partial charge in [-0.1, -0.05) is 19.8 Å². The SMILES string of the molecule is CCCC1CCC(F)CC1.O=C(F)c1ccc(C(F)(F)Oc2cc(F)c(F)c(F)c2)c(F)c1F. The maximum atomic E-state index is 13.8. The van der Waals surface area contributed by atoms with Gasteiger partial charge in [0.25, 0.3) is 0 Å². The van der Waals surface area contributed by atoms with Crippen molar-refractivity contribution in [3.05, 3.63) is 64.5 Å². The largest absolute Gasteiger partial charge is 0.429 e. The molecule has 0 saturated heterocycles. The lowest BCUT2D eigenvalue weighted by molar-refractivity contribution is -0.188. The molecule has 1 aliphatic rings. The van der Waals surface area contributed by atoms with Gasteiger partial charge >= 0.3 is 12.1 Å². The van der Waals surface area contributed by atoms with E-state index in [-0.39, 0.29) is 24.3 Å². The van der Waals surface area contributed by atoms with Crippen LogP contribution in [0.4, 0.5) is 39.5 Å². The molecule has 188 valence electrons. The van der Waals surface area contributed by atoms with Gasteiger partial charge in [0.2, 0.25) is 0 Å². The number of carbonyl (C=O) groups is 1. The van der Waals surface area contributed by atoms with Gasteiger partial charge in [-0.3, -0.25) is 4.79 Å². The molecule has 1 aliphatic carbocycles. The van der Waals surface area contributed by atoms with Crippen LogP contribution in [0.1, 0.15) is 61.4 Å². The maximum absolute atomic E-state index is 13.8. The van der Waals surface area contributed by atoms with E-state index in [1.165, 1.54) is 12.8 Å². The highest BCUT2D eigenvalue weighted by molar-refractivity contribution is 5.88. The summed E-state index contributed by atoms with van der Waals surface area (Å²) in [5.41, 5.74) is -3.19. The van der Waals surface area contributed by atoms with Crippen molar-refractivity contribution in [2.45, 2.75) is 57.7 Å². The Kier molecular flexibility index (Phi) is 9.40. The molecule has 3 rings (SSSR count). The first-order chi connectivity index (χ1) is 15.9. The van der Waals surface area contributed by atoms with E-state index in [0.29, 0.717) is 0 Å². The smallest absolute Gasteiger partial charge is 0.429 e. The first-order valence-electron chi connectivity index (χ1n) is 10.4. The zero-order chi connectivity index (χ0) is 25.6. The van der Waals surface area contributed by atoms with Gasteiger partial charge in [-0.2, -0.15) is 13.2 Å². The lowest BCUT2D eigenvalue weighted by Crippen LogP contribution is -2.24. The fourth-order valence-electron chi connectivity index (χ4n) is 3.54. The summed E-state index contributed by atoms with van der Waals surface area (Å²) >= 11 is 0. The molecule has 0 radical (unpaired) electrons. The lowest BCUT2D eigenvalue weighted by Gasteiger charge is -2.23. The Morgan fingerprint density at radius 1 is 0.941 bits per heavy atom. The number of alkyl halides is 3. The van der Waals surface area contributed by atoms with Crippen LogP contribution in [0.5, 0.6) is 5.75 Å². The molecule has 0 unspecified atom stereocenters.